The zero-order chi connectivity index (χ0) is 67.8. The fourth-order valence-corrected chi connectivity index (χ4v) is 25.9. The Kier molecular flexibility index (Phi) is 10.6. The molecule has 6 bridgehead atoms. The molecule has 4 aliphatic rings. The van der Waals surface area contributed by atoms with Crippen LogP contribution in [0.2, 0.25) is 0 Å². The van der Waals surface area contributed by atoms with Gasteiger partial charge in [0.1, 0.15) is 0 Å². The van der Waals surface area contributed by atoms with Crippen molar-refractivity contribution in [3.8, 4) is 0 Å². The van der Waals surface area contributed by atoms with Crippen LogP contribution < -0.4 is 10.7 Å². The Morgan fingerprint density at radius 2 is 0.438 bits per heavy atom. The first-order valence-electron chi connectivity index (χ1n) is 36.4. The van der Waals surface area contributed by atoms with Crippen molar-refractivity contribution in [1.29, 1.82) is 0 Å². The van der Waals surface area contributed by atoms with Crippen LogP contribution in [0.5, 0.6) is 0 Å². The Bertz CT molecular complexity index is 7380. The minimum atomic E-state index is -2.90. The Morgan fingerprint density at radius 1 is 0.200 bits per heavy atom. The van der Waals surface area contributed by atoms with E-state index in [0.717, 1.165) is 89.6 Å². The molecule has 2 radical (unpaired) electrons. The van der Waals surface area contributed by atoms with Crippen molar-refractivity contribution in [1.82, 2.24) is 4.75 Å². The summed E-state index contributed by atoms with van der Waals surface area (Å²) in [4.78, 5) is 13.0. The third kappa shape index (κ3) is 7.29. The number of aliphatic imine (C=N–C) groups is 2. The van der Waals surface area contributed by atoms with Crippen molar-refractivity contribution in [2.45, 2.75) is 0 Å². The zero-order valence-corrected chi connectivity index (χ0v) is 60.2. The summed E-state index contributed by atoms with van der Waals surface area (Å²) < 4.78 is 5.88. The zero-order valence-electron chi connectivity index (χ0n) is 56.3. The van der Waals surface area contributed by atoms with E-state index < -0.39 is 24.8 Å². The Morgan fingerprint density at radius 3 is 0.733 bits per heavy atom. The van der Waals surface area contributed by atoms with Crippen LogP contribution in [0.15, 0.2) is 325 Å². The van der Waals surface area contributed by atoms with Crippen molar-refractivity contribution in [3.05, 3.63) is 382 Å². The van der Waals surface area contributed by atoms with E-state index in [-0.39, 0.29) is 0 Å². The van der Waals surface area contributed by atoms with E-state index in [2.05, 4.69) is 320 Å². The number of rotatable bonds is 4. The summed E-state index contributed by atoms with van der Waals surface area (Å²) in [6, 6.07) is 122. The third-order valence-corrected chi connectivity index (χ3v) is 29.2. The monoisotopic (exact) mass is 1520 g/mol. The van der Waals surface area contributed by atoms with Crippen LogP contribution in [0, 0.1) is 0 Å². The predicted molar refractivity (Wildman–Crippen MR) is 443 cm³/mol. The second kappa shape index (κ2) is 20.1. The van der Waals surface area contributed by atoms with Gasteiger partial charge in [0.15, 0.2) is 0 Å². The summed E-state index contributed by atoms with van der Waals surface area (Å²) in [7, 11) is 0. The van der Waals surface area contributed by atoms with E-state index in [1.807, 2.05) is 0 Å². The Balaban J connectivity index is 0.918. The molecule has 5 heteroatoms. The summed E-state index contributed by atoms with van der Waals surface area (Å²) in [6.45, 7) is 0. The second-order valence-corrected chi connectivity index (χ2v) is 33.8. The molecule has 0 saturated heterocycles. The second-order valence-electron chi connectivity index (χ2n) is 29.5. The van der Waals surface area contributed by atoms with Crippen molar-refractivity contribution in [2.24, 2.45) is 9.98 Å². The molecule has 0 aliphatic carbocycles. The van der Waals surface area contributed by atoms with Crippen LogP contribution in [-0.4, -0.2) is 41.0 Å². The third-order valence-electron chi connectivity index (χ3n) is 24.2. The van der Waals surface area contributed by atoms with Crippen molar-refractivity contribution >= 4 is 221 Å². The number of hydrogen-bond acceptors (Lipinski definition) is 2. The van der Waals surface area contributed by atoms with Gasteiger partial charge in [-0.3, -0.25) is 0 Å². The molecule has 0 fully saturated rings. The number of benzene rings is 20. The molecule has 0 spiro atoms. The van der Waals surface area contributed by atoms with E-state index in [1.54, 1.807) is 0 Å². The summed E-state index contributed by atoms with van der Waals surface area (Å²) in [6.07, 6.45) is 0. The average Bonchev–Trinajstić information content (AvgIpc) is 1.53. The van der Waals surface area contributed by atoms with Gasteiger partial charge >= 0.3 is 618 Å². The van der Waals surface area contributed by atoms with Crippen LogP contribution >= 0.6 is 0 Å². The molecule has 22 aromatic rings. The first kappa shape index (κ1) is 55.8. The normalized spacial score (nSPS) is 14.4. The maximum absolute atomic E-state index is 6.51. The van der Waals surface area contributed by atoms with Gasteiger partial charge in [-0.2, -0.15) is 0 Å². The molecular weight excluding hydrogens is 1460 g/mol. The van der Waals surface area contributed by atoms with Crippen LogP contribution in [0.1, 0.15) is 55.9 Å². The van der Waals surface area contributed by atoms with E-state index in [9.17, 15) is 0 Å². The maximum atomic E-state index is 6.51. The van der Waals surface area contributed by atoms with Gasteiger partial charge in [0.05, 0.1) is 0 Å². The van der Waals surface area contributed by atoms with Crippen LogP contribution in [0.3, 0.4) is 0 Å². The fraction of sp³-hybridized carbons (Fsp3) is 0. The van der Waals surface area contributed by atoms with E-state index in [0.29, 0.717) is 0 Å². The number of hydrogen-bond donors (Lipinski definition) is 0. The first-order valence-corrected chi connectivity index (χ1v) is 39.9. The molecular formula is C100H52N4Pb. The SMILES string of the molecule is c1ccc2c(c1)C1=NC2=C(c2cc3ccc4cccc5ccc(c2)c3c45)c2c3ccccc3c3[n]2[Pb][n]2c(c4ccccc4c2=C(c2cc4ccc5cccc6ccc(c2)c4c56)C2=NC(=C3c3cc4ccc5cccc6ccc(c3)c4c56)c3ccccc32)=C1c1cc2ccc3cccc4ccc(c1)c2c34. The minimum absolute atomic E-state index is 0.977. The van der Waals surface area contributed by atoms with Crippen LogP contribution in [0.4, 0.5) is 0 Å². The van der Waals surface area contributed by atoms with E-state index in [1.165, 1.54) is 173 Å². The molecule has 4 nitrogen and oxygen atoms in total. The van der Waals surface area contributed by atoms with Crippen molar-refractivity contribution in [3.63, 3.8) is 0 Å². The first-order chi connectivity index (χ1) is 52.0. The molecule has 105 heavy (non-hydrogen) atoms. The molecule has 0 atom stereocenters. The summed E-state index contributed by atoms with van der Waals surface area (Å²) in [5.74, 6) is 0. The topological polar surface area (TPSA) is 34.6 Å². The van der Waals surface area contributed by atoms with Gasteiger partial charge in [0.2, 0.25) is 0 Å². The Hall–Kier alpha value is -12.9. The van der Waals surface area contributed by atoms with Gasteiger partial charge in [0, 0.05) is 0 Å². The fourth-order valence-electron chi connectivity index (χ4n) is 19.9. The van der Waals surface area contributed by atoms with Crippen molar-refractivity contribution in [2.75, 3.05) is 0 Å². The van der Waals surface area contributed by atoms with Crippen LogP contribution in [0.25, 0.3) is 185 Å². The summed E-state index contributed by atoms with van der Waals surface area (Å²) in [5.41, 5.74) is 19.8. The van der Waals surface area contributed by atoms with E-state index in [4.69, 9.17) is 9.98 Å². The molecule has 6 heterocycles. The van der Waals surface area contributed by atoms with Gasteiger partial charge in [-0.15, -0.1) is 0 Å². The molecule has 26 rings (SSSR count). The van der Waals surface area contributed by atoms with Crippen molar-refractivity contribution < 1.29 is 0 Å². The molecule has 476 valence electrons. The number of aromatic nitrogens is 2. The average molecular weight is 1520 g/mol. The standard InChI is InChI=1S/C100H52N4.Pb/c1-2-22-74-73(21-1)93-89(69-45-61-37-29-53-13-9-14-54-30-38-62(46-69)85(61)81(53)54)95-75-23-3-4-24-76(75)97(102-95)91(71-49-65-41-33-57-17-11-18-58-34-42-66(50-71)87(65)83(57)58)99-79-27-7-8-28-80(79)100(104-99)92(72-51-67-43-35-59-19-12-20-60-36-44-68(52-72)88(67)84(59)60)98-78-26-6-5-25-77(78)96(103-98)90(94(74)101-93)70-47-63-39-31-55-15-10-16-56-32-40-64(48-70)86(63)82(55)56;/h1-52H;/q-2;+2. The van der Waals surface area contributed by atoms with E-state index >= 15 is 0 Å². The van der Waals surface area contributed by atoms with Gasteiger partial charge in [-0.25, -0.2) is 0 Å². The summed E-state index contributed by atoms with van der Waals surface area (Å²) >= 11 is -2.90. The number of nitrogens with zero attached hydrogens (tertiary/aromatic N) is 4. The molecule has 4 aliphatic heterocycles. The molecule has 0 N–H and O–H groups in total. The number of fused-ring (bicyclic) bond motifs is 14. The van der Waals surface area contributed by atoms with Gasteiger partial charge < -0.3 is 0 Å². The molecule has 2 aromatic heterocycles. The molecule has 0 saturated carbocycles. The Labute approximate surface area is 612 Å². The van der Waals surface area contributed by atoms with Gasteiger partial charge in [0.25, 0.3) is 0 Å². The molecule has 0 unspecified atom stereocenters. The molecule has 20 aromatic carbocycles. The van der Waals surface area contributed by atoms with Gasteiger partial charge in [-0.05, 0) is 0 Å². The summed E-state index contributed by atoms with van der Waals surface area (Å²) in [5, 5.41) is 37.2. The quantitative estimate of drug-likeness (QED) is 0.124. The predicted octanol–water partition coefficient (Wildman–Crippen LogP) is 23.0. The molecule has 0 amide bonds. The van der Waals surface area contributed by atoms with Crippen LogP contribution in [-0.2, 0) is 0 Å². The van der Waals surface area contributed by atoms with Gasteiger partial charge in [-0.1, -0.05) is 0 Å².